The van der Waals surface area contributed by atoms with Gasteiger partial charge in [0.05, 0.1) is 0 Å². The molecule has 0 radical (unpaired) electrons. The molecule has 0 aliphatic carbocycles. The number of rotatable bonds is 6. The lowest BCUT2D eigenvalue weighted by Crippen LogP contribution is -1.99. The molecule has 0 saturated carbocycles. The third kappa shape index (κ3) is 4.45. The molecule has 2 aromatic carbocycles. The molecule has 0 heteroatoms. The Morgan fingerprint density at radius 1 is 0.870 bits per heavy atom. The highest BCUT2D eigenvalue weighted by atomic mass is 14.2. The minimum absolute atomic E-state index is 0.542. The minimum atomic E-state index is 0.542. The minimum Gasteiger partial charge on any atom is -0.0657 e. The smallest absolute Gasteiger partial charge is 0.0184 e. The zero-order chi connectivity index (χ0) is 16.7. The fourth-order valence-corrected chi connectivity index (χ4v) is 2.78. The average molecular weight is 304 g/mol. The van der Waals surface area contributed by atoms with Crippen LogP contribution in [-0.4, -0.2) is 0 Å². The molecule has 0 aromatic heterocycles. The number of benzene rings is 2. The summed E-state index contributed by atoms with van der Waals surface area (Å²) in [6.45, 7) is 9.07. The number of allylic oxidation sites excluding steroid dienone is 4. The molecule has 1 atom stereocenters. The van der Waals surface area contributed by atoms with Crippen LogP contribution in [0.3, 0.4) is 0 Å². The second kappa shape index (κ2) is 8.53. The Bertz CT molecular complexity index is 660. The summed E-state index contributed by atoms with van der Waals surface area (Å²) in [5, 5.41) is 0. The second-order valence-electron chi connectivity index (χ2n) is 6.19. The maximum Gasteiger partial charge on any atom is -0.0184 e. The highest BCUT2D eigenvalue weighted by Crippen LogP contribution is 2.31. The van der Waals surface area contributed by atoms with Crippen molar-refractivity contribution in [2.75, 3.05) is 0 Å². The van der Waals surface area contributed by atoms with Gasteiger partial charge in [-0.05, 0) is 48.0 Å². The van der Waals surface area contributed by atoms with Crippen LogP contribution in [0.15, 0.2) is 72.3 Å². The van der Waals surface area contributed by atoms with Gasteiger partial charge in [-0.15, -0.1) is 0 Å². The monoisotopic (exact) mass is 304 g/mol. The molecule has 0 bridgehead atoms. The first kappa shape index (κ1) is 17.3. The van der Waals surface area contributed by atoms with E-state index in [1.54, 1.807) is 0 Å². The summed E-state index contributed by atoms with van der Waals surface area (Å²) < 4.78 is 0. The number of hydrogen-bond donors (Lipinski definition) is 0. The Hall–Kier alpha value is -2.08. The molecule has 0 N–H and O–H groups in total. The van der Waals surface area contributed by atoms with Crippen LogP contribution in [0.25, 0.3) is 11.1 Å². The second-order valence-corrected chi connectivity index (χ2v) is 6.19. The molecule has 0 aliphatic heterocycles. The van der Waals surface area contributed by atoms with Gasteiger partial charge < -0.3 is 0 Å². The van der Waals surface area contributed by atoms with Crippen molar-refractivity contribution in [2.24, 2.45) is 5.92 Å². The molecular weight excluding hydrogens is 276 g/mol. The van der Waals surface area contributed by atoms with Crippen molar-refractivity contribution in [3.63, 3.8) is 0 Å². The van der Waals surface area contributed by atoms with Crippen molar-refractivity contribution in [1.29, 1.82) is 0 Å². The Balaban J connectivity index is 2.58. The predicted molar refractivity (Wildman–Crippen MR) is 103 cm³/mol. The van der Waals surface area contributed by atoms with Gasteiger partial charge in [0.15, 0.2) is 0 Å². The lowest BCUT2D eigenvalue weighted by Gasteiger charge is -2.17. The Kier molecular flexibility index (Phi) is 6.40. The van der Waals surface area contributed by atoms with Gasteiger partial charge >= 0.3 is 0 Å². The topological polar surface area (TPSA) is 0 Å². The Morgan fingerprint density at radius 2 is 1.39 bits per heavy atom. The SMILES string of the molecule is CCC(C)=C(/C=C(/c1ccccc1)C(C)CC)c1ccccc1. The standard InChI is InChI=1S/C23H28/c1-5-18(3)22(20-13-9-7-10-14-20)17-23(19(4)6-2)21-15-11-8-12-16-21/h7-18H,5-6H2,1-4H3/b22-17+,23-19?. The average Bonchev–Trinajstić information content (AvgIpc) is 2.63. The first-order valence-corrected chi connectivity index (χ1v) is 8.69. The van der Waals surface area contributed by atoms with E-state index in [0.717, 1.165) is 12.8 Å². The van der Waals surface area contributed by atoms with Gasteiger partial charge in [-0.25, -0.2) is 0 Å². The Morgan fingerprint density at radius 3 is 1.87 bits per heavy atom. The Labute approximate surface area is 141 Å². The van der Waals surface area contributed by atoms with Crippen LogP contribution in [0.1, 0.15) is 51.7 Å². The van der Waals surface area contributed by atoms with Crippen LogP contribution in [0.2, 0.25) is 0 Å². The van der Waals surface area contributed by atoms with Gasteiger partial charge in [0.1, 0.15) is 0 Å². The van der Waals surface area contributed by atoms with E-state index < -0.39 is 0 Å². The molecular formula is C23H28. The van der Waals surface area contributed by atoms with E-state index in [9.17, 15) is 0 Å². The molecule has 2 aromatic rings. The van der Waals surface area contributed by atoms with E-state index in [4.69, 9.17) is 0 Å². The zero-order valence-electron chi connectivity index (χ0n) is 14.8. The first-order valence-electron chi connectivity index (χ1n) is 8.69. The highest BCUT2D eigenvalue weighted by Gasteiger charge is 2.12. The number of hydrogen-bond acceptors (Lipinski definition) is 0. The summed E-state index contributed by atoms with van der Waals surface area (Å²) in [4.78, 5) is 0. The van der Waals surface area contributed by atoms with Crippen LogP contribution < -0.4 is 0 Å². The molecule has 0 spiro atoms. The predicted octanol–water partition coefficient (Wildman–Crippen LogP) is 7.00. The molecule has 0 fully saturated rings. The summed E-state index contributed by atoms with van der Waals surface area (Å²) >= 11 is 0. The molecule has 1 unspecified atom stereocenters. The molecule has 120 valence electrons. The fraction of sp³-hybridized carbons (Fsp3) is 0.304. The molecule has 0 amide bonds. The quantitative estimate of drug-likeness (QED) is 0.504. The lowest BCUT2D eigenvalue weighted by atomic mass is 9.87. The first-order chi connectivity index (χ1) is 11.2. The van der Waals surface area contributed by atoms with Gasteiger partial charge in [-0.1, -0.05) is 93.1 Å². The summed E-state index contributed by atoms with van der Waals surface area (Å²) in [5.41, 5.74) is 6.88. The van der Waals surface area contributed by atoms with E-state index >= 15 is 0 Å². The van der Waals surface area contributed by atoms with Crippen molar-refractivity contribution in [2.45, 2.75) is 40.5 Å². The van der Waals surface area contributed by atoms with Crippen molar-refractivity contribution in [1.82, 2.24) is 0 Å². The summed E-state index contributed by atoms with van der Waals surface area (Å²) in [6.07, 6.45) is 4.63. The molecule has 0 saturated heterocycles. The van der Waals surface area contributed by atoms with Gasteiger partial charge in [0.2, 0.25) is 0 Å². The van der Waals surface area contributed by atoms with Crippen molar-refractivity contribution < 1.29 is 0 Å². The van der Waals surface area contributed by atoms with Crippen molar-refractivity contribution in [3.8, 4) is 0 Å². The van der Waals surface area contributed by atoms with Crippen molar-refractivity contribution >= 4 is 11.1 Å². The van der Waals surface area contributed by atoms with Gasteiger partial charge in [-0.2, -0.15) is 0 Å². The third-order valence-electron chi connectivity index (χ3n) is 4.63. The third-order valence-corrected chi connectivity index (χ3v) is 4.63. The molecule has 2 rings (SSSR count). The maximum atomic E-state index is 2.41. The van der Waals surface area contributed by atoms with E-state index in [2.05, 4.69) is 94.4 Å². The summed E-state index contributed by atoms with van der Waals surface area (Å²) in [6, 6.07) is 21.5. The maximum absolute atomic E-state index is 2.41. The normalized spacial score (nSPS) is 14.3. The highest BCUT2D eigenvalue weighted by molar-refractivity contribution is 5.85. The van der Waals surface area contributed by atoms with Gasteiger partial charge in [-0.3, -0.25) is 0 Å². The van der Waals surface area contributed by atoms with E-state index in [0.29, 0.717) is 5.92 Å². The molecule has 0 aliphatic rings. The van der Waals surface area contributed by atoms with Crippen LogP contribution >= 0.6 is 0 Å². The van der Waals surface area contributed by atoms with Crippen molar-refractivity contribution in [3.05, 3.63) is 83.4 Å². The zero-order valence-corrected chi connectivity index (χ0v) is 14.8. The van der Waals surface area contributed by atoms with E-state index in [1.165, 1.54) is 27.8 Å². The van der Waals surface area contributed by atoms with Crippen LogP contribution in [-0.2, 0) is 0 Å². The summed E-state index contributed by atoms with van der Waals surface area (Å²) in [5.74, 6) is 0.542. The van der Waals surface area contributed by atoms with Gasteiger partial charge in [0.25, 0.3) is 0 Å². The summed E-state index contributed by atoms with van der Waals surface area (Å²) in [7, 11) is 0. The van der Waals surface area contributed by atoms with E-state index in [1.807, 2.05) is 0 Å². The molecule has 23 heavy (non-hydrogen) atoms. The van der Waals surface area contributed by atoms with Gasteiger partial charge in [0, 0.05) is 0 Å². The largest absolute Gasteiger partial charge is 0.0657 e. The molecule has 0 heterocycles. The van der Waals surface area contributed by atoms with Crippen LogP contribution in [0.4, 0.5) is 0 Å². The lowest BCUT2D eigenvalue weighted by molar-refractivity contribution is 0.718. The fourth-order valence-electron chi connectivity index (χ4n) is 2.78. The van der Waals surface area contributed by atoms with Crippen LogP contribution in [0, 0.1) is 5.92 Å². The molecule has 0 nitrogen and oxygen atoms in total. The van der Waals surface area contributed by atoms with E-state index in [-0.39, 0.29) is 0 Å². The van der Waals surface area contributed by atoms with Crippen LogP contribution in [0.5, 0.6) is 0 Å².